The lowest BCUT2D eigenvalue weighted by molar-refractivity contribution is 0.320. The molecule has 1 N–H and O–H groups in total. The Morgan fingerprint density at radius 1 is 1.37 bits per heavy atom. The predicted molar refractivity (Wildman–Crippen MR) is 81.4 cm³/mol. The summed E-state index contributed by atoms with van der Waals surface area (Å²) < 4.78 is 0. The van der Waals surface area contributed by atoms with Gasteiger partial charge in [0.2, 0.25) is 0 Å². The second-order valence-corrected chi connectivity index (χ2v) is 5.45. The van der Waals surface area contributed by atoms with Crippen LogP contribution in [0.15, 0.2) is 29.8 Å². The van der Waals surface area contributed by atoms with E-state index in [1.165, 1.54) is 0 Å². The van der Waals surface area contributed by atoms with E-state index in [0.29, 0.717) is 5.15 Å². The van der Waals surface area contributed by atoms with Crippen molar-refractivity contribution in [1.29, 1.82) is 0 Å². The molecule has 0 atom stereocenters. The summed E-state index contributed by atoms with van der Waals surface area (Å²) >= 11 is 6.22. The first-order valence-corrected chi connectivity index (χ1v) is 6.77. The minimum absolute atomic E-state index is 0.0416. The number of pyridine rings is 1. The lowest BCUT2D eigenvalue weighted by atomic mass is 10.0. The first kappa shape index (κ1) is 14.0. The van der Waals surface area contributed by atoms with E-state index in [4.69, 9.17) is 11.6 Å². The van der Waals surface area contributed by atoms with Crippen LogP contribution < -0.4 is 0 Å². The summed E-state index contributed by atoms with van der Waals surface area (Å²) in [6.45, 7) is 6.17. The number of halogens is 1. The highest BCUT2D eigenvalue weighted by Crippen LogP contribution is 2.24. The van der Waals surface area contributed by atoms with Gasteiger partial charge in [-0.05, 0) is 36.1 Å². The van der Waals surface area contributed by atoms with Crippen molar-refractivity contribution in [1.82, 2.24) is 4.98 Å². The number of aromatic nitrogens is 1. The molecule has 0 aliphatic carbocycles. The van der Waals surface area contributed by atoms with Crippen molar-refractivity contribution < 1.29 is 5.11 Å². The number of rotatable bonds is 3. The maximum Gasteiger partial charge on any atom is 0.136 e. The Morgan fingerprint density at radius 3 is 2.74 bits per heavy atom. The van der Waals surface area contributed by atoms with Crippen molar-refractivity contribution >= 4 is 28.6 Å². The first-order chi connectivity index (χ1) is 9.01. The van der Waals surface area contributed by atoms with Gasteiger partial charge in [-0.1, -0.05) is 43.7 Å². The fraction of sp³-hybridized carbons (Fsp3) is 0.312. The molecular weight excluding hydrogens is 258 g/mol. The number of aliphatic hydroxyl groups excluding tert-OH is 1. The maximum atomic E-state index is 9.37. The van der Waals surface area contributed by atoms with Gasteiger partial charge in [-0.15, -0.1) is 0 Å². The van der Waals surface area contributed by atoms with Crippen LogP contribution in [-0.4, -0.2) is 16.7 Å². The fourth-order valence-corrected chi connectivity index (χ4v) is 2.17. The van der Waals surface area contributed by atoms with Crippen LogP contribution in [0.1, 0.15) is 25.0 Å². The average molecular weight is 276 g/mol. The Morgan fingerprint density at radius 2 is 2.11 bits per heavy atom. The number of nitrogens with zero attached hydrogens (tertiary/aromatic N) is 1. The molecular formula is C16H18ClNO. The summed E-state index contributed by atoms with van der Waals surface area (Å²) in [6.07, 6.45) is 1.93. The Labute approximate surface area is 118 Å². The molecule has 0 aliphatic rings. The Kier molecular flexibility index (Phi) is 4.23. The fourth-order valence-electron chi connectivity index (χ4n) is 1.97. The molecule has 3 heteroatoms. The van der Waals surface area contributed by atoms with Crippen LogP contribution in [0.25, 0.3) is 17.0 Å². The second-order valence-electron chi connectivity index (χ2n) is 5.10. The highest BCUT2D eigenvalue weighted by Gasteiger charge is 2.07. The predicted octanol–water partition coefficient (Wildman–Crippen LogP) is 4.23. The Bertz CT molecular complexity index is 632. The van der Waals surface area contributed by atoms with Crippen molar-refractivity contribution in [3.8, 4) is 0 Å². The molecule has 0 amide bonds. The van der Waals surface area contributed by atoms with E-state index in [-0.39, 0.29) is 12.5 Å². The number of benzene rings is 1. The average Bonchev–Trinajstić information content (AvgIpc) is 2.35. The van der Waals surface area contributed by atoms with Gasteiger partial charge in [-0.2, -0.15) is 0 Å². The Hall–Kier alpha value is -1.38. The molecule has 19 heavy (non-hydrogen) atoms. The van der Waals surface area contributed by atoms with Gasteiger partial charge in [-0.25, -0.2) is 4.98 Å². The summed E-state index contributed by atoms with van der Waals surface area (Å²) in [7, 11) is 0. The molecule has 0 fully saturated rings. The van der Waals surface area contributed by atoms with Gasteiger partial charge in [0.25, 0.3) is 0 Å². The smallest absolute Gasteiger partial charge is 0.136 e. The molecule has 1 aromatic heterocycles. The van der Waals surface area contributed by atoms with Crippen molar-refractivity contribution in [2.45, 2.75) is 20.8 Å². The van der Waals surface area contributed by atoms with Gasteiger partial charge in [0, 0.05) is 10.9 Å². The van der Waals surface area contributed by atoms with E-state index in [1.54, 1.807) is 0 Å². The van der Waals surface area contributed by atoms with Gasteiger partial charge in [0.05, 0.1) is 12.1 Å². The van der Waals surface area contributed by atoms with Crippen molar-refractivity contribution in [2.24, 2.45) is 5.92 Å². The van der Waals surface area contributed by atoms with Crippen LogP contribution in [0.2, 0.25) is 5.15 Å². The summed E-state index contributed by atoms with van der Waals surface area (Å²) in [5.41, 5.74) is 3.88. The highest BCUT2D eigenvalue weighted by atomic mass is 35.5. The quantitative estimate of drug-likeness (QED) is 0.851. The van der Waals surface area contributed by atoms with E-state index in [2.05, 4.69) is 11.1 Å². The van der Waals surface area contributed by atoms with Crippen LogP contribution in [0, 0.1) is 12.8 Å². The minimum Gasteiger partial charge on any atom is -0.392 e. The summed E-state index contributed by atoms with van der Waals surface area (Å²) in [5, 5.41) is 10.9. The second kappa shape index (κ2) is 5.72. The molecule has 1 heterocycles. The molecule has 2 rings (SSSR count). The van der Waals surface area contributed by atoms with Crippen molar-refractivity contribution in [2.75, 3.05) is 6.61 Å². The van der Waals surface area contributed by atoms with Gasteiger partial charge >= 0.3 is 0 Å². The largest absolute Gasteiger partial charge is 0.392 e. The van der Waals surface area contributed by atoms with Crippen LogP contribution in [0.3, 0.4) is 0 Å². The molecule has 0 saturated heterocycles. The summed E-state index contributed by atoms with van der Waals surface area (Å²) in [4.78, 5) is 4.42. The van der Waals surface area contributed by atoms with E-state index in [0.717, 1.165) is 27.6 Å². The normalized spacial score (nSPS) is 12.4. The zero-order valence-corrected chi connectivity index (χ0v) is 12.2. The topological polar surface area (TPSA) is 33.1 Å². The number of fused-ring (bicyclic) bond motifs is 1. The first-order valence-electron chi connectivity index (χ1n) is 6.39. The minimum atomic E-state index is 0.0416. The lowest BCUT2D eigenvalue weighted by Gasteiger charge is -2.09. The van der Waals surface area contributed by atoms with Crippen LogP contribution in [0.4, 0.5) is 0 Å². The molecule has 0 bridgehead atoms. The molecule has 2 aromatic rings. The third-order valence-electron chi connectivity index (χ3n) is 3.22. The van der Waals surface area contributed by atoms with Crippen LogP contribution >= 0.6 is 11.6 Å². The molecule has 0 saturated carbocycles. The number of hydrogen-bond donors (Lipinski definition) is 1. The number of aryl methyl sites for hydroxylation is 1. The van der Waals surface area contributed by atoms with Gasteiger partial charge in [-0.3, -0.25) is 0 Å². The van der Waals surface area contributed by atoms with Crippen LogP contribution in [0.5, 0.6) is 0 Å². The molecule has 1 aromatic carbocycles. The molecule has 0 radical (unpaired) electrons. The maximum absolute atomic E-state index is 9.37. The van der Waals surface area contributed by atoms with Gasteiger partial charge in [0.1, 0.15) is 5.15 Å². The third kappa shape index (κ3) is 3.14. The monoisotopic (exact) mass is 275 g/mol. The van der Waals surface area contributed by atoms with Crippen molar-refractivity contribution in [3.05, 3.63) is 46.1 Å². The summed E-state index contributed by atoms with van der Waals surface area (Å²) in [5.74, 6) is 0.287. The van der Waals surface area contributed by atoms with E-state index >= 15 is 0 Å². The molecule has 100 valence electrons. The third-order valence-corrected chi connectivity index (χ3v) is 3.52. The zero-order chi connectivity index (χ0) is 14.0. The molecule has 0 unspecified atom stereocenters. The lowest BCUT2D eigenvalue weighted by Crippen LogP contribution is -1.99. The SMILES string of the molecule is Cc1ccc2cc(C=C(CO)C(C)C)c(Cl)nc2c1. The van der Waals surface area contributed by atoms with E-state index in [1.807, 2.05) is 45.0 Å². The molecule has 0 aliphatic heterocycles. The van der Waals surface area contributed by atoms with E-state index in [9.17, 15) is 5.11 Å². The van der Waals surface area contributed by atoms with Gasteiger partial charge in [0.15, 0.2) is 0 Å². The Balaban J connectivity index is 2.55. The molecule has 0 spiro atoms. The zero-order valence-electron chi connectivity index (χ0n) is 11.4. The highest BCUT2D eigenvalue weighted by molar-refractivity contribution is 6.31. The summed E-state index contributed by atoms with van der Waals surface area (Å²) in [6, 6.07) is 8.13. The standard InChI is InChI=1S/C16H18ClNO/c1-10(2)14(9-19)8-13-7-12-5-4-11(3)6-15(12)18-16(13)17/h4-8,10,19H,9H2,1-3H3. The molecule has 2 nitrogen and oxygen atoms in total. The van der Waals surface area contributed by atoms with Crippen LogP contribution in [-0.2, 0) is 0 Å². The number of hydrogen-bond acceptors (Lipinski definition) is 2. The van der Waals surface area contributed by atoms with Gasteiger partial charge < -0.3 is 5.11 Å². The van der Waals surface area contributed by atoms with Crippen molar-refractivity contribution in [3.63, 3.8) is 0 Å². The number of aliphatic hydroxyl groups is 1. The van der Waals surface area contributed by atoms with E-state index < -0.39 is 0 Å².